The molecule has 0 aromatic carbocycles. The van der Waals surface area contributed by atoms with Crippen LogP contribution in [0.5, 0.6) is 0 Å². The van der Waals surface area contributed by atoms with Gasteiger partial charge in [-0.05, 0) is 12.8 Å². The molecule has 0 fully saturated rings. The second-order valence-electron chi connectivity index (χ2n) is 2.39. The van der Waals surface area contributed by atoms with Crippen molar-refractivity contribution < 1.29 is 0 Å². The number of hydrazone groups is 1. The van der Waals surface area contributed by atoms with Gasteiger partial charge in [0.15, 0.2) is 0 Å². The lowest BCUT2D eigenvalue weighted by Crippen LogP contribution is -2.25. The van der Waals surface area contributed by atoms with Crippen LogP contribution in [0.25, 0.3) is 0 Å². The molecule has 0 saturated carbocycles. The summed E-state index contributed by atoms with van der Waals surface area (Å²) in [5, 5.41) is 9.92. The first kappa shape index (κ1) is 8.18. The maximum Gasteiger partial charge on any atom is 0.111 e. The monoisotopic (exact) mass is 127 g/mol. The number of rotatable bonds is 3. The van der Waals surface area contributed by atoms with Crippen LogP contribution in [0.1, 0.15) is 20.8 Å². The molecule has 0 aliphatic heterocycles. The van der Waals surface area contributed by atoms with E-state index in [9.17, 15) is 0 Å². The molecule has 0 radical (unpaired) electrons. The van der Waals surface area contributed by atoms with Gasteiger partial charge in [0.2, 0.25) is 0 Å². The molecular weight excluding hydrogens is 114 g/mol. The van der Waals surface area contributed by atoms with Gasteiger partial charge in [0.25, 0.3) is 0 Å². The first-order chi connectivity index (χ1) is 4.18. The lowest BCUT2D eigenvalue weighted by atomic mass is 10.1. The van der Waals surface area contributed by atoms with E-state index >= 15 is 0 Å². The van der Waals surface area contributed by atoms with E-state index in [0.717, 1.165) is 0 Å². The van der Waals surface area contributed by atoms with Crippen molar-refractivity contribution in [3.8, 4) is 0 Å². The summed E-state index contributed by atoms with van der Waals surface area (Å²) >= 11 is 0. The SMILES string of the molecule is CC(C)C(C)NN=C=N. The van der Waals surface area contributed by atoms with Crippen molar-refractivity contribution in [1.29, 1.82) is 5.41 Å². The Morgan fingerprint density at radius 2 is 2.00 bits per heavy atom. The molecule has 0 bridgehead atoms. The normalized spacial score (nSPS) is 12.4. The minimum Gasteiger partial charge on any atom is -0.297 e. The summed E-state index contributed by atoms with van der Waals surface area (Å²) in [4.78, 5) is 0. The molecule has 0 aromatic heterocycles. The quantitative estimate of drug-likeness (QED) is 0.435. The first-order valence-electron chi connectivity index (χ1n) is 3.05. The molecule has 0 amide bonds. The first-order valence-corrected chi connectivity index (χ1v) is 3.05. The average Bonchev–Trinajstić information content (AvgIpc) is 1.82. The van der Waals surface area contributed by atoms with Gasteiger partial charge >= 0.3 is 0 Å². The van der Waals surface area contributed by atoms with Crippen LogP contribution in [0.3, 0.4) is 0 Å². The summed E-state index contributed by atoms with van der Waals surface area (Å²) in [7, 11) is 0. The van der Waals surface area contributed by atoms with E-state index in [-0.39, 0.29) is 0 Å². The van der Waals surface area contributed by atoms with Crippen molar-refractivity contribution >= 4 is 6.01 Å². The highest BCUT2D eigenvalue weighted by atomic mass is 15.3. The van der Waals surface area contributed by atoms with E-state index in [1.165, 1.54) is 0 Å². The smallest absolute Gasteiger partial charge is 0.111 e. The van der Waals surface area contributed by atoms with Crippen LogP contribution in [0.15, 0.2) is 5.10 Å². The standard InChI is InChI=1S/C6H13N3/c1-5(2)6(3)9-8-4-7/h5-7,9H,1-3H3. The molecular formula is C6H13N3. The Labute approximate surface area is 55.7 Å². The van der Waals surface area contributed by atoms with Crippen molar-refractivity contribution in [3.05, 3.63) is 0 Å². The minimum atomic E-state index is 0.322. The van der Waals surface area contributed by atoms with Gasteiger partial charge in [0.1, 0.15) is 6.01 Å². The van der Waals surface area contributed by atoms with Crippen LogP contribution in [0.4, 0.5) is 0 Å². The van der Waals surface area contributed by atoms with E-state index in [4.69, 9.17) is 5.41 Å². The predicted molar refractivity (Wildman–Crippen MR) is 37.6 cm³/mol. The fraction of sp³-hybridized carbons (Fsp3) is 0.833. The second-order valence-corrected chi connectivity index (χ2v) is 2.39. The topological polar surface area (TPSA) is 48.2 Å². The van der Waals surface area contributed by atoms with Crippen molar-refractivity contribution in [2.24, 2.45) is 11.0 Å². The molecule has 1 unspecified atom stereocenters. The predicted octanol–water partition coefficient (Wildman–Crippen LogP) is 1.29. The zero-order valence-electron chi connectivity index (χ0n) is 6.10. The molecule has 9 heavy (non-hydrogen) atoms. The van der Waals surface area contributed by atoms with Gasteiger partial charge < -0.3 is 0 Å². The highest BCUT2D eigenvalue weighted by Gasteiger charge is 2.02. The maximum absolute atomic E-state index is 6.46. The van der Waals surface area contributed by atoms with Gasteiger partial charge in [0.05, 0.1) is 0 Å². The Morgan fingerprint density at radius 1 is 1.44 bits per heavy atom. The van der Waals surface area contributed by atoms with Crippen LogP contribution in [0, 0.1) is 11.3 Å². The highest BCUT2D eigenvalue weighted by molar-refractivity contribution is 5.34. The molecule has 0 rings (SSSR count). The summed E-state index contributed by atoms with van der Waals surface area (Å²) in [5.74, 6) is 0.544. The van der Waals surface area contributed by atoms with Gasteiger partial charge in [-0.2, -0.15) is 0 Å². The van der Waals surface area contributed by atoms with Crippen molar-refractivity contribution in [2.45, 2.75) is 26.8 Å². The molecule has 0 aromatic rings. The minimum absolute atomic E-state index is 0.322. The van der Waals surface area contributed by atoms with Crippen LogP contribution in [0.2, 0.25) is 0 Å². The van der Waals surface area contributed by atoms with Gasteiger partial charge in [-0.25, -0.2) is 5.41 Å². The number of hydrogen-bond donors (Lipinski definition) is 2. The summed E-state index contributed by atoms with van der Waals surface area (Å²) in [6.07, 6.45) is 0. The summed E-state index contributed by atoms with van der Waals surface area (Å²) in [5.41, 5.74) is 2.76. The molecule has 0 saturated heterocycles. The molecule has 2 N–H and O–H groups in total. The van der Waals surface area contributed by atoms with Gasteiger partial charge in [-0.15, -0.1) is 5.10 Å². The maximum atomic E-state index is 6.46. The summed E-state index contributed by atoms with van der Waals surface area (Å²) < 4.78 is 0. The van der Waals surface area contributed by atoms with Gasteiger partial charge in [-0.1, -0.05) is 13.8 Å². The van der Waals surface area contributed by atoms with Crippen LogP contribution in [-0.4, -0.2) is 12.1 Å². The van der Waals surface area contributed by atoms with E-state index in [1.54, 1.807) is 0 Å². The Bertz CT molecular complexity index is 113. The number of nitrogens with one attached hydrogen (secondary N) is 2. The zero-order chi connectivity index (χ0) is 7.28. The molecule has 0 spiro atoms. The van der Waals surface area contributed by atoms with Crippen molar-refractivity contribution in [1.82, 2.24) is 5.43 Å². The lowest BCUT2D eigenvalue weighted by molar-refractivity contribution is 0.439. The van der Waals surface area contributed by atoms with Gasteiger partial charge in [0, 0.05) is 6.04 Å². The average molecular weight is 127 g/mol. The third-order valence-electron chi connectivity index (χ3n) is 1.32. The third-order valence-corrected chi connectivity index (χ3v) is 1.32. The molecule has 1 atom stereocenters. The van der Waals surface area contributed by atoms with E-state index in [2.05, 4.69) is 24.4 Å². The fourth-order valence-electron chi connectivity index (χ4n) is 0.283. The zero-order valence-corrected chi connectivity index (χ0v) is 6.10. The molecule has 0 heterocycles. The Kier molecular flexibility index (Phi) is 3.72. The Morgan fingerprint density at radius 3 is 2.33 bits per heavy atom. The molecule has 0 aliphatic rings. The fourth-order valence-corrected chi connectivity index (χ4v) is 0.283. The van der Waals surface area contributed by atoms with E-state index < -0.39 is 0 Å². The van der Waals surface area contributed by atoms with Gasteiger partial charge in [-0.3, -0.25) is 5.43 Å². The van der Waals surface area contributed by atoms with Crippen LogP contribution < -0.4 is 5.43 Å². The van der Waals surface area contributed by atoms with Crippen LogP contribution in [-0.2, 0) is 0 Å². The second kappa shape index (κ2) is 4.10. The highest BCUT2D eigenvalue weighted by Crippen LogP contribution is 1.98. The molecule has 3 heteroatoms. The summed E-state index contributed by atoms with van der Waals surface area (Å²) in [6.45, 7) is 6.21. The number of nitrogens with zero attached hydrogens (tertiary/aromatic N) is 1. The van der Waals surface area contributed by atoms with Crippen molar-refractivity contribution in [2.75, 3.05) is 0 Å². The third kappa shape index (κ3) is 3.74. The molecule has 0 aliphatic carbocycles. The number of hydrogen-bond acceptors (Lipinski definition) is 3. The van der Waals surface area contributed by atoms with E-state index in [1.807, 2.05) is 12.9 Å². The summed E-state index contributed by atoms with van der Waals surface area (Å²) in [6, 6.07) is 2.24. The Balaban J connectivity index is 3.49. The van der Waals surface area contributed by atoms with Crippen LogP contribution >= 0.6 is 0 Å². The largest absolute Gasteiger partial charge is 0.297 e. The Hall–Kier alpha value is -0.820. The lowest BCUT2D eigenvalue weighted by Gasteiger charge is -2.12. The molecule has 3 nitrogen and oxygen atoms in total. The molecule has 52 valence electrons. The van der Waals surface area contributed by atoms with Crippen molar-refractivity contribution in [3.63, 3.8) is 0 Å². The van der Waals surface area contributed by atoms with E-state index in [0.29, 0.717) is 12.0 Å².